The van der Waals surface area contributed by atoms with Gasteiger partial charge in [-0.1, -0.05) is 5.16 Å². The summed E-state index contributed by atoms with van der Waals surface area (Å²) in [6, 6.07) is 2.72. The molecule has 2 aliphatic rings. The fourth-order valence-electron chi connectivity index (χ4n) is 2.84. The van der Waals surface area contributed by atoms with E-state index < -0.39 is 0 Å². The summed E-state index contributed by atoms with van der Waals surface area (Å²) in [4.78, 5) is 7.02. The van der Waals surface area contributed by atoms with E-state index in [1.54, 1.807) is 11.3 Å². The minimum atomic E-state index is 0.657. The Morgan fingerprint density at radius 1 is 1.33 bits per heavy atom. The van der Waals surface area contributed by atoms with Crippen molar-refractivity contribution in [2.75, 3.05) is 19.8 Å². The molecule has 1 saturated heterocycles. The topological polar surface area (TPSA) is 51.4 Å². The molecule has 21 heavy (non-hydrogen) atoms. The molecular formula is C15H19N3O2S. The van der Waals surface area contributed by atoms with Gasteiger partial charge in [0.25, 0.3) is 0 Å². The molecule has 0 amide bonds. The van der Waals surface area contributed by atoms with E-state index in [-0.39, 0.29) is 0 Å². The Labute approximate surface area is 127 Å². The van der Waals surface area contributed by atoms with Crippen LogP contribution in [0.15, 0.2) is 21.3 Å². The lowest BCUT2D eigenvalue weighted by molar-refractivity contribution is 0.153. The van der Waals surface area contributed by atoms with Crippen LogP contribution in [0.3, 0.4) is 0 Å². The lowest BCUT2D eigenvalue weighted by Crippen LogP contribution is -2.31. The number of hydrogen-bond acceptors (Lipinski definition) is 6. The Morgan fingerprint density at radius 2 is 2.29 bits per heavy atom. The van der Waals surface area contributed by atoms with Crippen LogP contribution in [-0.4, -0.2) is 40.8 Å². The van der Waals surface area contributed by atoms with Crippen molar-refractivity contribution in [1.82, 2.24) is 15.0 Å². The summed E-state index contributed by atoms with van der Waals surface area (Å²) < 4.78 is 10.9. The first-order valence-electron chi connectivity index (χ1n) is 7.55. The van der Waals surface area contributed by atoms with Crippen molar-refractivity contribution in [3.8, 4) is 11.4 Å². The zero-order valence-electron chi connectivity index (χ0n) is 11.9. The number of nitrogens with zero attached hydrogens (tertiary/aromatic N) is 3. The van der Waals surface area contributed by atoms with Crippen LogP contribution < -0.4 is 0 Å². The molecule has 6 heteroatoms. The van der Waals surface area contributed by atoms with Gasteiger partial charge in [-0.15, -0.1) is 0 Å². The van der Waals surface area contributed by atoms with E-state index in [9.17, 15) is 0 Å². The first-order valence-corrected chi connectivity index (χ1v) is 8.50. The average molecular weight is 305 g/mol. The second-order valence-corrected chi connectivity index (χ2v) is 6.69. The Hall–Kier alpha value is -1.24. The number of rotatable bonds is 6. The van der Waals surface area contributed by atoms with Crippen LogP contribution in [0.25, 0.3) is 11.4 Å². The van der Waals surface area contributed by atoms with Gasteiger partial charge < -0.3 is 9.26 Å². The lowest BCUT2D eigenvalue weighted by atomic mass is 10.1. The maximum atomic E-state index is 5.48. The molecule has 4 rings (SSSR count). The summed E-state index contributed by atoms with van der Waals surface area (Å²) in [7, 11) is 0. The van der Waals surface area contributed by atoms with Crippen molar-refractivity contribution < 1.29 is 9.26 Å². The fourth-order valence-corrected chi connectivity index (χ4v) is 3.48. The highest BCUT2D eigenvalue weighted by Gasteiger charge is 2.32. The molecule has 1 unspecified atom stereocenters. The van der Waals surface area contributed by atoms with Gasteiger partial charge in [-0.3, -0.25) is 4.90 Å². The van der Waals surface area contributed by atoms with E-state index in [0.717, 1.165) is 37.8 Å². The molecule has 3 heterocycles. The summed E-state index contributed by atoms with van der Waals surface area (Å²) in [5, 5.41) is 8.17. The van der Waals surface area contributed by atoms with Gasteiger partial charge in [0.2, 0.25) is 11.7 Å². The van der Waals surface area contributed by atoms with Crippen molar-refractivity contribution in [2.24, 2.45) is 5.92 Å². The molecule has 0 spiro atoms. The third-order valence-electron chi connectivity index (χ3n) is 4.17. The normalized spacial score (nSPS) is 22.2. The molecule has 0 bridgehead atoms. The molecule has 1 aliphatic carbocycles. The van der Waals surface area contributed by atoms with E-state index in [0.29, 0.717) is 17.8 Å². The largest absolute Gasteiger partial charge is 0.381 e. The van der Waals surface area contributed by atoms with E-state index in [1.165, 1.54) is 19.3 Å². The van der Waals surface area contributed by atoms with Crippen LogP contribution in [0.4, 0.5) is 0 Å². The van der Waals surface area contributed by atoms with Gasteiger partial charge in [-0.2, -0.15) is 16.3 Å². The van der Waals surface area contributed by atoms with Crippen molar-refractivity contribution in [2.45, 2.75) is 31.8 Å². The monoisotopic (exact) mass is 305 g/mol. The summed E-state index contributed by atoms with van der Waals surface area (Å²) in [5.41, 5.74) is 1.04. The molecule has 1 saturated carbocycles. The van der Waals surface area contributed by atoms with Crippen LogP contribution in [-0.2, 0) is 11.3 Å². The molecule has 5 nitrogen and oxygen atoms in total. The third-order valence-corrected chi connectivity index (χ3v) is 4.85. The minimum absolute atomic E-state index is 0.657. The Bertz CT molecular complexity index is 574. The van der Waals surface area contributed by atoms with E-state index in [2.05, 4.69) is 15.0 Å². The molecule has 1 aliphatic heterocycles. The first kappa shape index (κ1) is 13.4. The summed E-state index contributed by atoms with van der Waals surface area (Å²) in [6.07, 6.45) is 3.76. The van der Waals surface area contributed by atoms with E-state index in [1.807, 2.05) is 16.8 Å². The van der Waals surface area contributed by atoms with Gasteiger partial charge in [0.1, 0.15) is 0 Å². The predicted molar refractivity (Wildman–Crippen MR) is 80.0 cm³/mol. The third kappa shape index (κ3) is 3.17. The number of aromatic nitrogens is 2. The van der Waals surface area contributed by atoms with Gasteiger partial charge in [-0.25, -0.2) is 0 Å². The molecule has 0 aromatic carbocycles. The van der Waals surface area contributed by atoms with Gasteiger partial charge in [0, 0.05) is 30.1 Å². The van der Waals surface area contributed by atoms with Crippen LogP contribution in [0.1, 0.15) is 25.2 Å². The molecular weight excluding hydrogens is 286 g/mol. The predicted octanol–water partition coefficient (Wildman–Crippen LogP) is 2.80. The smallest absolute Gasteiger partial charge is 0.241 e. The highest BCUT2D eigenvalue weighted by Crippen LogP contribution is 2.30. The van der Waals surface area contributed by atoms with Crippen LogP contribution in [0.5, 0.6) is 0 Å². The van der Waals surface area contributed by atoms with Crippen LogP contribution in [0, 0.1) is 5.92 Å². The summed E-state index contributed by atoms with van der Waals surface area (Å²) in [5.74, 6) is 2.08. The van der Waals surface area contributed by atoms with Crippen molar-refractivity contribution in [1.29, 1.82) is 0 Å². The van der Waals surface area contributed by atoms with Crippen molar-refractivity contribution >= 4 is 11.3 Å². The summed E-state index contributed by atoms with van der Waals surface area (Å²) in [6.45, 7) is 3.65. The Kier molecular flexibility index (Phi) is 3.75. The maximum absolute atomic E-state index is 5.48. The molecule has 0 radical (unpaired) electrons. The molecule has 0 N–H and O–H groups in total. The molecule has 1 atom stereocenters. The zero-order chi connectivity index (χ0) is 14.1. The molecule has 2 aromatic heterocycles. The van der Waals surface area contributed by atoms with E-state index >= 15 is 0 Å². The second kappa shape index (κ2) is 5.87. The molecule has 2 fully saturated rings. The van der Waals surface area contributed by atoms with Crippen molar-refractivity contribution in [3.63, 3.8) is 0 Å². The number of thiophene rings is 1. The fraction of sp³-hybridized carbons (Fsp3) is 0.600. The highest BCUT2D eigenvalue weighted by molar-refractivity contribution is 7.08. The second-order valence-electron chi connectivity index (χ2n) is 5.91. The van der Waals surface area contributed by atoms with Crippen molar-refractivity contribution in [3.05, 3.63) is 22.7 Å². The quantitative estimate of drug-likeness (QED) is 0.821. The standard InChI is InChI=1S/C15H19N3O2S/c1-2-13(1)18(7-11-3-5-19-9-11)8-14-16-15(17-20-14)12-4-6-21-10-12/h4,6,10-11,13H,1-3,5,7-9H2. The van der Waals surface area contributed by atoms with Gasteiger partial charge >= 0.3 is 0 Å². The minimum Gasteiger partial charge on any atom is -0.381 e. The SMILES string of the molecule is c1cc(-c2noc(CN(CC3CCOC3)C3CC3)n2)cs1. The zero-order valence-corrected chi connectivity index (χ0v) is 12.7. The summed E-state index contributed by atoms with van der Waals surface area (Å²) >= 11 is 1.65. The maximum Gasteiger partial charge on any atom is 0.241 e. The first-order chi connectivity index (χ1) is 10.4. The van der Waals surface area contributed by atoms with Crippen LogP contribution in [0.2, 0.25) is 0 Å². The number of hydrogen-bond donors (Lipinski definition) is 0. The lowest BCUT2D eigenvalue weighted by Gasteiger charge is -2.22. The average Bonchev–Trinajstić information content (AvgIpc) is 2.93. The Balaban J connectivity index is 1.43. The molecule has 2 aromatic rings. The van der Waals surface area contributed by atoms with E-state index in [4.69, 9.17) is 9.26 Å². The van der Waals surface area contributed by atoms with Gasteiger partial charge in [-0.05, 0) is 36.6 Å². The molecule has 112 valence electrons. The van der Waals surface area contributed by atoms with Gasteiger partial charge in [0.15, 0.2) is 0 Å². The van der Waals surface area contributed by atoms with Crippen LogP contribution >= 0.6 is 11.3 Å². The Morgan fingerprint density at radius 3 is 3.00 bits per heavy atom. The highest BCUT2D eigenvalue weighted by atomic mass is 32.1. The van der Waals surface area contributed by atoms with Gasteiger partial charge in [0.05, 0.1) is 13.2 Å². The number of ether oxygens (including phenoxy) is 1.